The lowest BCUT2D eigenvalue weighted by Gasteiger charge is -2.34. The highest BCUT2D eigenvalue weighted by Crippen LogP contribution is 2.31. The van der Waals surface area contributed by atoms with Crippen molar-refractivity contribution in [2.75, 3.05) is 29.9 Å². The number of carbonyl (C=O) groups excluding carboxylic acids is 1. The van der Waals surface area contributed by atoms with Crippen molar-refractivity contribution < 1.29 is 9.18 Å². The number of fused-ring (bicyclic) bond motifs is 2. The van der Waals surface area contributed by atoms with E-state index in [0.717, 1.165) is 43.5 Å². The van der Waals surface area contributed by atoms with Gasteiger partial charge in [-0.25, -0.2) is 4.39 Å². The summed E-state index contributed by atoms with van der Waals surface area (Å²) in [4.78, 5) is 15.5. The summed E-state index contributed by atoms with van der Waals surface area (Å²) in [5, 5.41) is 16.6. The van der Waals surface area contributed by atoms with Crippen molar-refractivity contribution in [3.05, 3.63) is 48.0 Å². The minimum atomic E-state index is -0.470. The number of nitrogens with one attached hydrogen (secondary N) is 2. The van der Waals surface area contributed by atoms with Crippen LogP contribution in [0.4, 0.5) is 15.8 Å². The van der Waals surface area contributed by atoms with Crippen LogP contribution in [0.2, 0.25) is 0 Å². The van der Waals surface area contributed by atoms with Crippen LogP contribution in [0.5, 0.6) is 0 Å². The molecule has 4 aromatic rings. The zero-order valence-corrected chi connectivity index (χ0v) is 19.1. The second-order valence-electron chi connectivity index (χ2n) is 8.67. The van der Waals surface area contributed by atoms with Crippen LogP contribution in [0.15, 0.2) is 36.7 Å². The molecule has 33 heavy (non-hydrogen) atoms. The van der Waals surface area contributed by atoms with E-state index >= 15 is 0 Å². The van der Waals surface area contributed by atoms with E-state index in [-0.39, 0.29) is 11.4 Å². The minimum Gasteiger partial charge on any atom is -0.371 e. The van der Waals surface area contributed by atoms with Crippen LogP contribution in [0.3, 0.4) is 0 Å². The van der Waals surface area contributed by atoms with Gasteiger partial charge >= 0.3 is 0 Å². The molecule has 0 unspecified atom stereocenters. The fourth-order valence-electron chi connectivity index (χ4n) is 4.76. The molecule has 0 atom stereocenters. The number of benzene rings is 2. The Morgan fingerprint density at radius 2 is 1.82 bits per heavy atom. The van der Waals surface area contributed by atoms with Gasteiger partial charge < -0.3 is 15.5 Å². The minimum absolute atomic E-state index is 0.282. The molecule has 0 saturated carbocycles. The fraction of sp³-hybridized carbons (Fsp3) is 0.375. The number of nitrogens with zero attached hydrogens (tertiary/aromatic N) is 5. The Labute approximate surface area is 191 Å². The smallest absolute Gasteiger partial charge is 0.257 e. The van der Waals surface area contributed by atoms with Crippen LogP contribution in [0.25, 0.3) is 21.8 Å². The van der Waals surface area contributed by atoms with Gasteiger partial charge in [0.25, 0.3) is 5.91 Å². The molecule has 0 spiro atoms. The first-order chi connectivity index (χ1) is 15.9. The number of carbonyl (C=O) groups is 1. The first-order valence-corrected chi connectivity index (χ1v) is 11.3. The number of aryl methyl sites for hydroxylation is 2. The predicted molar refractivity (Wildman–Crippen MR) is 128 cm³/mol. The van der Waals surface area contributed by atoms with E-state index in [4.69, 9.17) is 0 Å². The molecule has 9 heteroatoms. The van der Waals surface area contributed by atoms with Crippen molar-refractivity contribution in [2.24, 2.45) is 14.1 Å². The number of anilines is 2. The van der Waals surface area contributed by atoms with Crippen molar-refractivity contribution in [3.8, 4) is 0 Å². The van der Waals surface area contributed by atoms with E-state index in [2.05, 4.69) is 32.7 Å². The molecule has 3 heterocycles. The maximum Gasteiger partial charge on any atom is 0.257 e. The van der Waals surface area contributed by atoms with Gasteiger partial charge in [0.05, 0.1) is 5.56 Å². The van der Waals surface area contributed by atoms with Gasteiger partial charge in [-0.2, -0.15) is 10.2 Å². The third-order valence-corrected chi connectivity index (χ3v) is 6.28. The van der Waals surface area contributed by atoms with Gasteiger partial charge in [0, 0.05) is 67.8 Å². The number of aromatic nitrogens is 4. The number of hydrogen-bond donors (Lipinski definition) is 2. The maximum absolute atomic E-state index is 14.5. The number of hydrogen-bond acceptors (Lipinski definition) is 5. The van der Waals surface area contributed by atoms with Crippen molar-refractivity contribution in [2.45, 2.75) is 25.8 Å². The molecule has 2 aromatic heterocycles. The Balaban J connectivity index is 1.43. The zero-order valence-electron chi connectivity index (χ0n) is 19.1. The SMILES string of the molecule is CCNC1CCN(c2ccc(C(=O)Nc3cc(F)c4nn(C)cc4c3)c3nn(C)cc23)CC1. The number of halogens is 1. The van der Waals surface area contributed by atoms with Crippen LogP contribution in [0.1, 0.15) is 30.1 Å². The third-order valence-electron chi connectivity index (χ3n) is 6.28. The monoisotopic (exact) mass is 449 g/mol. The summed E-state index contributed by atoms with van der Waals surface area (Å²) in [5.74, 6) is -0.790. The van der Waals surface area contributed by atoms with Crippen molar-refractivity contribution in [1.82, 2.24) is 24.9 Å². The first-order valence-electron chi connectivity index (χ1n) is 11.3. The van der Waals surface area contributed by atoms with Crippen molar-refractivity contribution in [3.63, 3.8) is 0 Å². The van der Waals surface area contributed by atoms with Crippen LogP contribution >= 0.6 is 0 Å². The Hall–Kier alpha value is -3.46. The summed E-state index contributed by atoms with van der Waals surface area (Å²) in [6, 6.07) is 7.39. The van der Waals surface area contributed by atoms with Gasteiger partial charge in [0.15, 0.2) is 5.82 Å². The molecular weight excluding hydrogens is 421 g/mol. The second-order valence-corrected chi connectivity index (χ2v) is 8.67. The predicted octanol–water partition coefficient (Wildman–Crippen LogP) is 3.43. The quantitative estimate of drug-likeness (QED) is 0.488. The van der Waals surface area contributed by atoms with E-state index in [1.54, 1.807) is 28.7 Å². The Bertz CT molecular complexity index is 1330. The average molecular weight is 450 g/mol. The standard InChI is InChI=1S/C24H28FN7O/c1-4-26-16-7-9-32(10-8-16)21-6-5-18(23-19(21)14-31(3)29-23)24(33)27-17-11-15-13-30(2)28-22(15)20(25)12-17/h5-6,11-14,16,26H,4,7-10H2,1-3H3,(H,27,33). The number of amides is 1. The van der Waals surface area contributed by atoms with Gasteiger partial charge in [-0.1, -0.05) is 6.92 Å². The summed E-state index contributed by atoms with van der Waals surface area (Å²) in [7, 11) is 3.59. The van der Waals surface area contributed by atoms with Gasteiger partial charge in [0.2, 0.25) is 0 Å². The molecule has 0 aliphatic carbocycles. The molecule has 8 nitrogen and oxygen atoms in total. The lowest BCUT2D eigenvalue weighted by atomic mass is 10.0. The summed E-state index contributed by atoms with van der Waals surface area (Å²) in [5.41, 5.74) is 2.86. The second kappa shape index (κ2) is 8.47. The Morgan fingerprint density at radius 1 is 1.09 bits per heavy atom. The van der Waals surface area contributed by atoms with Gasteiger partial charge in [-0.15, -0.1) is 0 Å². The molecule has 1 aliphatic rings. The summed E-state index contributed by atoms with van der Waals surface area (Å²) in [6.45, 7) is 5.03. The van der Waals surface area contributed by atoms with Crippen LogP contribution in [0, 0.1) is 5.82 Å². The topological polar surface area (TPSA) is 80.0 Å². The maximum atomic E-state index is 14.5. The van der Waals surface area contributed by atoms with E-state index < -0.39 is 5.82 Å². The average Bonchev–Trinajstić information content (AvgIpc) is 3.35. The molecule has 172 valence electrons. The zero-order chi connectivity index (χ0) is 23.1. The summed E-state index contributed by atoms with van der Waals surface area (Å²) in [6.07, 6.45) is 5.85. The largest absolute Gasteiger partial charge is 0.371 e. The van der Waals surface area contributed by atoms with Crippen LogP contribution in [-0.2, 0) is 14.1 Å². The van der Waals surface area contributed by atoms with Crippen LogP contribution in [-0.4, -0.2) is 51.1 Å². The molecular formula is C24H28FN7O. The number of piperidine rings is 1. The van der Waals surface area contributed by atoms with Crippen molar-refractivity contribution >= 4 is 39.1 Å². The third kappa shape index (κ3) is 4.04. The van der Waals surface area contributed by atoms with E-state index in [0.29, 0.717) is 28.2 Å². The van der Waals surface area contributed by atoms with Gasteiger partial charge in [-0.3, -0.25) is 14.2 Å². The Morgan fingerprint density at radius 3 is 2.58 bits per heavy atom. The molecule has 2 aromatic carbocycles. The fourth-order valence-corrected chi connectivity index (χ4v) is 4.76. The number of rotatable bonds is 5. The van der Waals surface area contributed by atoms with Gasteiger partial charge in [0.1, 0.15) is 11.0 Å². The molecule has 1 fully saturated rings. The lowest BCUT2D eigenvalue weighted by molar-refractivity contribution is 0.102. The van der Waals surface area contributed by atoms with Gasteiger partial charge in [-0.05, 0) is 43.7 Å². The molecule has 2 N–H and O–H groups in total. The van der Waals surface area contributed by atoms with E-state index in [9.17, 15) is 9.18 Å². The summed E-state index contributed by atoms with van der Waals surface area (Å²) >= 11 is 0. The van der Waals surface area contributed by atoms with Crippen molar-refractivity contribution in [1.29, 1.82) is 0 Å². The summed E-state index contributed by atoms with van der Waals surface area (Å²) < 4.78 is 17.7. The van der Waals surface area contributed by atoms with Crippen LogP contribution < -0.4 is 15.5 Å². The first kappa shape index (κ1) is 21.4. The molecule has 1 aliphatic heterocycles. The van der Waals surface area contributed by atoms with E-state index in [1.807, 2.05) is 25.4 Å². The van der Waals surface area contributed by atoms with E-state index in [1.165, 1.54) is 6.07 Å². The highest BCUT2D eigenvalue weighted by Gasteiger charge is 2.23. The molecule has 1 amide bonds. The molecule has 0 bridgehead atoms. The molecule has 0 radical (unpaired) electrons. The highest BCUT2D eigenvalue weighted by atomic mass is 19.1. The molecule has 5 rings (SSSR count). The Kier molecular flexibility index (Phi) is 5.49. The molecule has 1 saturated heterocycles. The highest BCUT2D eigenvalue weighted by molar-refractivity contribution is 6.14. The lowest BCUT2D eigenvalue weighted by Crippen LogP contribution is -2.42. The normalized spacial score (nSPS) is 15.0.